The minimum Gasteiger partial charge on any atom is -0.497 e. The summed E-state index contributed by atoms with van der Waals surface area (Å²) in [6.45, 7) is 4.36. The molecule has 158 valence electrons. The van der Waals surface area contributed by atoms with Gasteiger partial charge in [-0.1, -0.05) is 36.8 Å². The molecule has 0 fully saturated rings. The molecule has 0 aliphatic rings. The monoisotopic (exact) mass is 417 g/mol. The fourth-order valence-electron chi connectivity index (χ4n) is 3.00. The molecule has 0 saturated carbocycles. The van der Waals surface area contributed by atoms with Gasteiger partial charge in [-0.3, -0.25) is 0 Å². The SMILES string of the molecule is C=CCCCCCS(=O)(=O)N(Cc1ccc(OC)cc1)Cc1ccc(OC)cc1. The maximum Gasteiger partial charge on any atom is 0.214 e. The summed E-state index contributed by atoms with van der Waals surface area (Å²) in [5.74, 6) is 1.65. The van der Waals surface area contributed by atoms with Gasteiger partial charge in [-0.15, -0.1) is 6.58 Å². The first kappa shape index (κ1) is 23.0. The van der Waals surface area contributed by atoms with Gasteiger partial charge in [0.1, 0.15) is 11.5 Å². The van der Waals surface area contributed by atoms with Crippen LogP contribution in [0.3, 0.4) is 0 Å². The summed E-state index contributed by atoms with van der Waals surface area (Å²) in [5, 5.41) is 0. The van der Waals surface area contributed by atoms with Crippen molar-refractivity contribution in [2.24, 2.45) is 0 Å². The summed E-state index contributed by atoms with van der Waals surface area (Å²) in [6, 6.07) is 15.0. The standard InChI is InChI=1S/C23H31NO4S/c1-4-5-6-7-8-17-29(25,26)24(18-20-9-13-22(27-2)14-10-20)19-21-11-15-23(28-3)16-12-21/h4,9-16H,1,5-8,17-19H2,2-3H3. The molecule has 0 unspecified atom stereocenters. The minimum atomic E-state index is -3.39. The third-order valence-corrected chi connectivity index (χ3v) is 6.59. The van der Waals surface area contributed by atoms with Gasteiger partial charge in [-0.2, -0.15) is 4.31 Å². The van der Waals surface area contributed by atoms with E-state index in [9.17, 15) is 8.42 Å². The number of methoxy groups -OCH3 is 2. The van der Waals surface area contributed by atoms with Gasteiger partial charge in [0.2, 0.25) is 10.0 Å². The lowest BCUT2D eigenvalue weighted by Gasteiger charge is -2.23. The number of allylic oxidation sites excluding steroid dienone is 1. The molecule has 0 atom stereocenters. The zero-order chi connectivity index (χ0) is 21.1. The Labute approximate surface area is 175 Å². The van der Waals surface area contributed by atoms with E-state index in [1.165, 1.54) is 0 Å². The Morgan fingerprint density at radius 3 is 1.72 bits per heavy atom. The highest BCUT2D eigenvalue weighted by Gasteiger charge is 2.22. The second kappa shape index (κ2) is 11.6. The summed E-state index contributed by atoms with van der Waals surface area (Å²) in [5.41, 5.74) is 1.85. The van der Waals surface area contributed by atoms with Crippen molar-refractivity contribution in [2.75, 3.05) is 20.0 Å². The highest BCUT2D eigenvalue weighted by atomic mass is 32.2. The summed E-state index contributed by atoms with van der Waals surface area (Å²) >= 11 is 0. The van der Waals surface area contributed by atoms with Crippen LogP contribution in [0.15, 0.2) is 61.2 Å². The molecule has 2 aromatic carbocycles. The predicted octanol–water partition coefficient (Wildman–Crippen LogP) is 4.78. The molecule has 0 heterocycles. The Bertz CT molecular complexity index is 796. The van der Waals surface area contributed by atoms with Gasteiger partial charge < -0.3 is 9.47 Å². The fourth-order valence-corrected chi connectivity index (χ4v) is 4.52. The van der Waals surface area contributed by atoms with Crippen molar-refractivity contribution in [3.63, 3.8) is 0 Å². The zero-order valence-electron chi connectivity index (χ0n) is 17.3. The van der Waals surface area contributed by atoms with Crippen LogP contribution in [-0.2, 0) is 23.1 Å². The van der Waals surface area contributed by atoms with Crippen LogP contribution in [0.1, 0.15) is 36.8 Å². The fraction of sp³-hybridized carbons (Fsp3) is 0.391. The Balaban J connectivity index is 2.14. The Hall–Kier alpha value is -2.31. The van der Waals surface area contributed by atoms with Gasteiger partial charge in [-0.05, 0) is 54.7 Å². The van der Waals surface area contributed by atoms with Crippen molar-refractivity contribution in [1.82, 2.24) is 4.31 Å². The van der Waals surface area contributed by atoms with Crippen molar-refractivity contribution < 1.29 is 17.9 Å². The Morgan fingerprint density at radius 2 is 1.31 bits per heavy atom. The Morgan fingerprint density at radius 1 is 0.828 bits per heavy atom. The minimum absolute atomic E-state index is 0.149. The summed E-state index contributed by atoms with van der Waals surface area (Å²) in [7, 11) is -0.166. The van der Waals surface area contributed by atoms with Crippen LogP contribution in [0, 0.1) is 0 Å². The van der Waals surface area contributed by atoms with E-state index >= 15 is 0 Å². The molecule has 2 aromatic rings. The molecule has 0 aromatic heterocycles. The van der Waals surface area contributed by atoms with E-state index in [0.29, 0.717) is 19.5 Å². The number of rotatable bonds is 13. The first-order valence-corrected chi connectivity index (χ1v) is 11.4. The molecule has 2 rings (SSSR count). The van der Waals surface area contributed by atoms with Crippen LogP contribution in [0.4, 0.5) is 0 Å². The van der Waals surface area contributed by atoms with E-state index in [4.69, 9.17) is 9.47 Å². The van der Waals surface area contributed by atoms with Gasteiger partial charge in [0, 0.05) is 13.1 Å². The molecule has 29 heavy (non-hydrogen) atoms. The summed E-state index contributed by atoms with van der Waals surface area (Å²) < 4.78 is 38.1. The zero-order valence-corrected chi connectivity index (χ0v) is 18.2. The predicted molar refractivity (Wildman–Crippen MR) is 118 cm³/mol. The average Bonchev–Trinajstić information content (AvgIpc) is 2.74. The number of benzene rings is 2. The molecule has 0 saturated heterocycles. The molecule has 0 spiro atoms. The molecule has 0 bridgehead atoms. The number of sulfonamides is 1. The van der Waals surface area contributed by atoms with E-state index in [1.807, 2.05) is 54.6 Å². The van der Waals surface area contributed by atoms with Crippen LogP contribution in [-0.4, -0.2) is 32.7 Å². The lowest BCUT2D eigenvalue weighted by atomic mass is 10.2. The van der Waals surface area contributed by atoms with E-state index in [0.717, 1.165) is 41.9 Å². The van der Waals surface area contributed by atoms with Gasteiger partial charge in [0.05, 0.1) is 20.0 Å². The van der Waals surface area contributed by atoms with Crippen LogP contribution in [0.25, 0.3) is 0 Å². The molecule has 0 aliphatic carbocycles. The number of ether oxygens (including phenoxy) is 2. The molecule has 5 nitrogen and oxygen atoms in total. The van der Waals surface area contributed by atoms with Crippen molar-refractivity contribution in [3.05, 3.63) is 72.3 Å². The summed E-state index contributed by atoms with van der Waals surface area (Å²) in [4.78, 5) is 0. The lowest BCUT2D eigenvalue weighted by Crippen LogP contribution is -2.32. The van der Waals surface area contributed by atoms with E-state index in [-0.39, 0.29) is 5.75 Å². The number of unbranched alkanes of at least 4 members (excludes halogenated alkanes) is 3. The first-order valence-electron chi connectivity index (χ1n) is 9.83. The third kappa shape index (κ3) is 7.55. The van der Waals surface area contributed by atoms with Crippen molar-refractivity contribution >= 4 is 10.0 Å². The highest BCUT2D eigenvalue weighted by Crippen LogP contribution is 2.20. The van der Waals surface area contributed by atoms with Gasteiger partial charge in [-0.25, -0.2) is 8.42 Å². The molecule has 0 aliphatic heterocycles. The maximum absolute atomic E-state index is 13.1. The lowest BCUT2D eigenvalue weighted by molar-refractivity contribution is 0.396. The van der Waals surface area contributed by atoms with Gasteiger partial charge in [0.15, 0.2) is 0 Å². The van der Waals surface area contributed by atoms with Crippen LogP contribution in [0.5, 0.6) is 11.5 Å². The van der Waals surface area contributed by atoms with E-state index < -0.39 is 10.0 Å². The Kier molecular flexibility index (Phi) is 9.22. The molecule has 0 radical (unpaired) electrons. The molecule has 6 heteroatoms. The quantitative estimate of drug-likeness (QED) is 0.348. The van der Waals surface area contributed by atoms with Crippen molar-refractivity contribution in [1.29, 1.82) is 0 Å². The normalized spacial score (nSPS) is 11.4. The molecule has 0 amide bonds. The molecule has 0 N–H and O–H groups in total. The number of nitrogens with zero attached hydrogens (tertiary/aromatic N) is 1. The first-order chi connectivity index (χ1) is 14.0. The van der Waals surface area contributed by atoms with Crippen molar-refractivity contribution in [3.8, 4) is 11.5 Å². The highest BCUT2D eigenvalue weighted by molar-refractivity contribution is 7.89. The number of hydrogen-bond acceptors (Lipinski definition) is 4. The largest absolute Gasteiger partial charge is 0.497 e. The second-order valence-corrected chi connectivity index (χ2v) is 9.01. The van der Waals surface area contributed by atoms with E-state index in [1.54, 1.807) is 18.5 Å². The topological polar surface area (TPSA) is 55.8 Å². The maximum atomic E-state index is 13.1. The van der Waals surface area contributed by atoms with Crippen LogP contribution < -0.4 is 9.47 Å². The molecular formula is C23H31NO4S. The molecular weight excluding hydrogens is 386 g/mol. The van der Waals surface area contributed by atoms with Gasteiger partial charge >= 0.3 is 0 Å². The second-order valence-electron chi connectivity index (χ2n) is 6.92. The average molecular weight is 418 g/mol. The summed E-state index contributed by atoms with van der Waals surface area (Å²) in [6.07, 6.45) is 5.29. The third-order valence-electron chi connectivity index (χ3n) is 4.74. The van der Waals surface area contributed by atoms with Crippen LogP contribution in [0.2, 0.25) is 0 Å². The van der Waals surface area contributed by atoms with Crippen LogP contribution >= 0.6 is 0 Å². The number of hydrogen-bond donors (Lipinski definition) is 0. The smallest absolute Gasteiger partial charge is 0.214 e. The van der Waals surface area contributed by atoms with E-state index in [2.05, 4.69) is 6.58 Å². The van der Waals surface area contributed by atoms with Crippen molar-refractivity contribution in [2.45, 2.75) is 38.8 Å². The van der Waals surface area contributed by atoms with Gasteiger partial charge in [0.25, 0.3) is 0 Å².